The molecule has 1 saturated carbocycles. The number of unbranched alkanes of at least 4 members (excludes halogenated alkanes) is 2. The number of benzene rings is 2. The van der Waals surface area contributed by atoms with Gasteiger partial charge in [0.05, 0.1) is 11.6 Å². The summed E-state index contributed by atoms with van der Waals surface area (Å²) < 4.78 is 0. The van der Waals surface area contributed by atoms with Crippen LogP contribution in [0.5, 0.6) is 0 Å². The van der Waals surface area contributed by atoms with Crippen LogP contribution in [0.4, 0.5) is 0 Å². The molecule has 0 spiro atoms. The number of hydrogen-bond acceptors (Lipinski definition) is 1. The lowest BCUT2D eigenvalue weighted by molar-refractivity contribution is 0.175. The maximum atomic E-state index is 8.93. The highest BCUT2D eigenvalue weighted by atomic mass is 14.3. The largest absolute Gasteiger partial charge is 0.192 e. The molecule has 1 aliphatic rings. The second-order valence-corrected chi connectivity index (χ2v) is 8.84. The Bertz CT molecular complexity index is 750. The van der Waals surface area contributed by atoms with Crippen LogP contribution in [0.15, 0.2) is 48.5 Å². The fourth-order valence-electron chi connectivity index (χ4n) is 4.90. The molecule has 0 N–H and O–H groups in total. The summed E-state index contributed by atoms with van der Waals surface area (Å²) >= 11 is 0. The minimum atomic E-state index is 0.717. The Hall–Kier alpha value is -2.07. The molecule has 1 aliphatic carbocycles. The van der Waals surface area contributed by atoms with Crippen LogP contribution in [0, 0.1) is 29.1 Å². The molecule has 2 aromatic carbocycles. The van der Waals surface area contributed by atoms with Gasteiger partial charge in [-0.3, -0.25) is 0 Å². The molecular weight excluding hydrogens is 338 g/mol. The third kappa shape index (κ3) is 5.71. The van der Waals surface area contributed by atoms with E-state index in [9.17, 15) is 0 Å². The summed E-state index contributed by atoms with van der Waals surface area (Å²) in [5.41, 5.74) is 4.58. The lowest BCUT2D eigenvalue weighted by Gasteiger charge is -2.34. The molecule has 3 rings (SSSR count). The van der Waals surface area contributed by atoms with E-state index >= 15 is 0 Å². The monoisotopic (exact) mass is 373 g/mol. The first-order valence-corrected chi connectivity index (χ1v) is 11.3. The van der Waals surface area contributed by atoms with Crippen molar-refractivity contribution in [2.24, 2.45) is 17.8 Å². The Labute approximate surface area is 171 Å². The first kappa shape index (κ1) is 20.7. The Balaban J connectivity index is 1.48. The molecule has 0 saturated heterocycles. The molecule has 1 heteroatoms. The molecule has 148 valence electrons. The van der Waals surface area contributed by atoms with E-state index in [0.29, 0.717) is 0 Å². The Morgan fingerprint density at radius 3 is 2.18 bits per heavy atom. The van der Waals surface area contributed by atoms with Gasteiger partial charge < -0.3 is 0 Å². The van der Waals surface area contributed by atoms with Crippen LogP contribution in [0.3, 0.4) is 0 Å². The molecule has 1 fully saturated rings. The topological polar surface area (TPSA) is 23.8 Å². The fourth-order valence-corrected chi connectivity index (χ4v) is 4.90. The van der Waals surface area contributed by atoms with Crippen molar-refractivity contribution in [2.45, 2.75) is 71.6 Å². The van der Waals surface area contributed by atoms with E-state index < -0.39 is 0 Å². The van der Waals surface area contributed by atoms with Gasteiger partial charge >= 0.3 is 0 Å². The maximum Gasteiger partial charge on any atom is 0.0991 e. The highest BCUT2D eigenvalue weighted by Crippen LogP contribution is 2.38. The van der Waals surface area contributed by atoms with Gasteiger partial charge in [-0.1, -0.05) is 82.3 Å². The average Bonchev–Trinajstić information content (AvgIpc) is 2.74. The molecule has 2 aromatic rings. The van der Waals surface area contributed by atoms with Gasteiger partial charge in [-0.15, -0.1) is 0 Å². The van der Waals surface area contributed by atoms with Gasteiger partial charge in [0.1, 0.15) is 0 Å². The van der Waals surface area contributed by atoms with Gasteiger partial charge in [0.25, 0.3) is 0 Å². The van der Waals surface area contributed by atoms with Crippen LogP contribution in [-0.2, 0) is 6.42 Å². The second-order valence-electron chi connectivity index (χ2n) is 8.84. The van der Waals surface area contributed by atoms with Crippen molar-refractivity contribution in [3.63, 3.8) is 0 Å². The lowest BCUT2D eigenvalue weighted by atomic mass is 9.71. The summed E-state index contributed by atoms with van der Waals surface area (Å²) in [7, 11) is 0. The molecule has 0 bridgehead atoms. The van der Waals surface area contributed by atoms with E-state index in [-0.39, 0.29) is 0 Å². The quantitative estimate of drug-likeness (QED) is 0.433. The van der Waals surface area contributed by atoms with Gasteiger partial charge in [-0.25, -0.2) is 0 Å². The number of rotatable bonds is 8. The van der Waals surface area contributed by atoms with E-state index in [1.54, 1.807) is 0 Å². The molecule has 1 nitrogen and oxygen atoms in total. The van der Waals surface area contributed by atoms with Crippen LogP contribution in [0.1, 0.15) is 76.3 Å². The molecule has 0 radical (unpaired) electrons. The van der Waals surface area contributed by atoms with Crippen LogP contribution in [0.25, 0.3) is 11.1 Å². The fraction of sp³-hybridized carbons (Fsp3) is 0.519. The lowest BCUT2D eigenvalue weighted by Crippen LogP contribution is -2.23. The van der Waals surface area contributed by atoms with Crippen molar-refractivity contribution >= 4 is 0 Å². The second kappa shape index (κ2) is 10.5. The Morgan fingerprint density at radius 2 is 1.57 bits per heavy atom. The SMILES string of the molecule is CCCCCC1CCC(CCc2ccc(-c3ccc(C#N)cc3)cc2)C(C)C1. The predicted molar refractivity (Wildman–Crippen MR) is 119 cm³/mol. The van der Waals surface area contributed by atoms with Crippen molar-refractivity contribution in [2.75, 3.05) is 0 Å². The summed E-state index contributed by atoms with van der Waals surface area (Å²) in [6, 6.07) is 19.1. The van der Waals surface area contributed by atoms with Crippen molar-refractivity contribution in [1.82, 2.24) is 0 Å². The zero-order valence-electron chi connectivity index (χ0n) is 17.7. The molecule has 28 heavy (non-hydrogen) atoms. The first-order chi connectivity index (χ1) is 13.7. The highest BCUT2D eigenvalue weighted by molar-refractivity contribution is 5.64. The van der Waals surface area contributed by atoms with Crippen LogP contribution in [-0.4, -0.2) is 0 Å². The molecule has 0 heterocycles. The smallest absolute Gasteiger partial charge is 0.0991 e. The number of aryl methyl sites for hydroxylation is 1. The third-order valence-corrected chi connectivity index (χ3v) is 6.78. The number of hydrogen-bond donors (Lipinski definition) is 0. The maximum absolute atomic E-state index is 8.93. The van der Waals surface area contributed by atoms with E-state index in [1.165, 1.54) is 74.5 Å². The van der Waals surface area contributed by atoms with E-state index in [0.717, 1.165) is 23.3 Å². The van der Waals surface area contributed by atoms with E-state index in [2.05, 4.69) is 44.2 Å². The summed E-state index contributed by atoms with van der Waals surface area (Å²) in [4.78, 5) is 0. The van der Waals surface area contributed by atoms with E-state index in [1.807, 2.05) is 24.3 Å². The predicted octanol–water partition coefficient (Wildman–Crippen LogP) is 7.79. The van der Waals surface area contributed by atoms with Gasteiger partial charge in [0, 0.05) is 0 Å². The first-order valence-electron chi connectivity index (χ1n) is 11.3. The normalized spacial score (nSPS) is 22.0. The van der Waals surface area contributed by atoms with Crippen molar-refractivity contribution in [1.29, 1.82) is 5.26 Å². The van der Waals surface area contributed by atoms with Gasteiger partial charge in [0.2, 0.25) is 0 Å². The summed E-state index contributed by atoms with van der Waals surface area (Å²) in [6.07, 6.45) is 12.5. The Kier molecular flexibility index (Phi) is 7.72. The molecule has 0 aromatic heterocycles. The molecule has 0 amide bonds. The summed E-state index contributed by atoms with van der Waals surface area (Å²) in [6.45, 7) is 4.79. The number of nitriles is 1. The molecular formula is C27H35N. The van der Waals surface area contributed by atoms with Gasteiger partial charge in [-0.05, 0) is 72.3 Å². The highest BCUT2D eigenvalue weighted by Gasteiger charge is 2.26. The summed E-state index contributed by atoms with van der Waals surface area (Å²) in [5.74, 6) is 2.78. The van der Waals surface area contributed by atoms with Crippen LogP contribution in [0.2, 0.25) is 0 Å². The van der Waals surface area contributed by atoms with Crippen LogP contribution < -0.4 is 0 Å². The van der Waals surface area contributed by atoms with Crippen molar-refractivity contribution in [3.8, 4) is 17.2 Å². The van der Waals surface area contributed by atoms with Crippen LogP contribution >= 0.6 is 0 Å². The standard InChI is InChI=1S/C27H35N/c1-3-4-5-6-23-10-14-25(21(2)19-23)13-7-22-8-15-26(16-9-22)27-17-11-24(20-28)12-18-27/h8-9,11-12,15-18,21,23,25H,3-7,10,13-14,19H2,1-2H3. The van der Waals surface area contributed by atoms with Gasteiger partial charge in [0.15, 0.2) is 0 Å². The average molecular weight is 374 g/mol. The molecule has 3 unspecified atom stereocenters. The zero-order valence-corrected chi connectivity index (χ0v) is 17.7. The molecule has 0 aliphatic heterocycles. The minimum Gasteiger partial charge on any atom is -0.192 e. The Morgan fingerprint density at radius 1 is 0.893 bits per heavy atom. The summed E-state index contributed by atoms with van der Waals surface area (Å²) in [5, 5.41) is 8.93. The van der Waals surface area contributed by atoms with Crippen molar-refractivity contribution in [3.05, 3.63) is 59.7 Å². The van der Waals surface area contributed by atoms with E-state index in [4.69, 9.17) is 5.26 Å². The third-order valence-electron chi connectivity index (χ3n) is 6.78. The minimum absolute atomic E-state index is 0.717. The molecule has 3 atom stereocenters. The van der Waals surface area contributed by atoms with Crippen molar-refractivity contribution < 1.29 is 0 Å². The number of nitrogens with zero attached hydrogens (tertiary/aromatic N) is 1. The van der Waals surface area contributed by atoms with Gasteiger partial charge in [-0.2, -0.15) is 5.26 Å². The zero-order chi connectivity index (χ0) is 19.8.